The lowest BCUT2D eigenvalue weighted by Crippen LogP contribution is -2.57. The van der Waals surface area contributed by atoms with E-state index >= 15 is 0 Å². The van der Waals surface area contributed by atoms with Gasteiger partial charge in [-0.2, -0.15) is 0 Å². The van der Waals surface area contributed by atoms with Gasteiger partial charge in [-0.05, 0) is 63.2 Å². The number of nitrogens with one attached hydrogen (secondary N) is 2. The first-order valence-electron chi connectivity index (χ1n) is 15.3. The molecule has 0 saturated carbocycles. The number of hydrogen-bond donors (Lipinski definition) is 2. The summed E-state index contributed by atoms with van der Waals surface area (Å²) in [5.74, 6) is -1.33. The van der Waals surface area contributed by atoms with E-state index in [1.54, 1.807) is 20.8 Å². The number of benzene rings is 2. The normalized spacial score (nSPS) is 17.7. The third-order valence-electron chi connectivity index (χ3n) is 7.50. The van der Waals surface area contributed by atoms with Crippen molar-refractivity contribution in [2.24, 2.45) is 0 Å². The molecule has 2 aromatic carbocycles. The van der Waals surface area contributed by atoms with Crippen LogP contribution in [0.15, 0.2) is 84.5 Å². The Morgan fingerprint density at radius 3 is 2.14 bits per heavy atom. The number of alkyl carbamates (subject to hydrolysis) is 1. The van der Waals surface area contributed by atoms with Gasteiger partial charge in [0.15, 0.2) is 0 Å². The summed E-state index contributed by atoms with van der Waals surface area (Å²) in [7, 11) is 0. The summed E-state index contributed by atoms with van der Waals surface area (Å²) in [5.41, 5.74) is 1.96. The highest BCUT2D eigenvalue weighted by molar-refractivity contribution is 5.93. The van der Waals surface area contributed by atoms with Gasteiger partial charge in [-0.3, -0.25) is 9.59 Å². The molecule has 2 aromatic rings. The van der Waals surface area contributed by atoms with E-state index in [2.05, 4.69) is 16.7 Å². The van der Waals surface area contributed by atoms with Crippen molar-refractivity contribution < 1.29 is 28.7 Å². The molecule has 234 valence electrons. The van der Waals surface area contributed by atoms with Crippen LogP contribution < -0.4 is 10.6 Å². The summed E-state index contributed by atoms with van der Waals surface area (Å²) >= 11 is 0. The maximum absolute atomic E-state index is 14.1. The minimum Gasteiger partial charge on any atom is -0.460 e. The van der Waals surface area contributed by atoms with Crippen LogP contribution in [0.25, 0.3) is 0 Å². The summed E-state index contributed by atoms with van der Waals surface area (Å²) in [4.78, 5) is 55.3. The Labute approximate surface area is 259 Å². The Balaban J connectivity index is 1.52. The Hall–Kier alpha value is -4.40. The molecule has 1 saturated heterocycles. The van der Waals surface area contributed by atoms with E-state index in [0.717, 1.165) is 29.5 Å². The van der Waals surface area contributed by atoms with Crippen molar-refractivity contribution in [3.05, 3.63) is 95.6 Å². The second kappa shape index (κ2) is 15.4. The van der Waals surface area contributed by atoms with Crippen LogP contribution in [-0.4, -0.2) is 65.7 Å². The van der Waals surface area contributed by atoms with Crippen molar-refractivity contribution >= 4 is 23.9 Å². The predicted molar refractivity (Wildman–Crippen MR) is 168 cm³/mol. The van der Waals surface area contributed by atoms with Gasteiger partial charge in [-0.25, -0.2) is 9.59 Å². The molecular weight excluding hydrogens is 558 g/mol. The molecule has 0 bridgehead atoms. The topological polar surface area (TPSA) is 114 Å². The molecule has 1 aliphatic carbocycles. The molecule has 0 aromatic heterocycles. The maximum atomic E-state index is 14.1. The highest BCUT2D eigenvalue weighted by atomic mass is 16.6. The minimum atomic E-state index is -1.00. The van der Waals surface area contributed by atoms with E-state index in [-0.39, 0.29) is 25.4 Å². The van der Waals surface area contributed by atoms with Gasteiger partial charge in [0.1, 0.15) is 30.3 Å². The first-order valence-corrected chi connectivity index (χ1v) is 15.3. The molecule has 0 spiro atoms. The average Bonchev–Trinajstić information content (AvgIpc) is 3.50. The van der Waals surface area contributed by atoms with Gasteiger partial charge in [0.25, 0.3) is 0 Å². The van der Waals surface area contributed by atoms with Crippen LogP contribution in [0.1, 0.15) is 57.6 Å². The maximum Gasteiger partial charge on any atom is 0.408 e. The number of allylic oxidation sites excluding steroid dienone is 3. The number of nitrogens with zero attached hydrogens (tertiary/aromatic N) is 1. The van der Waals surface area contributed by atoms with Gasteiger partial charge < -0.3 is 25.0 Å². The zero-order chi connectivity index (χ0) is 31.5. The zero-order valence-electron chi connectivity index (χ0n) is 25.8. The number of rotatable bonds is 11. The molecule has 3 amide bonds. The van der Waals surface area contributed by atoms with E-state index in [0.29, 0.717) is 19.4 Å². The second-order valence-corrected chi connectivity index (χ2v) is 12.2. The van der Waals surface area contributed by atoms with Crippen molar-refractivity contribution in [3.63, 3.8) is 0 Å². The van der Waals surface area contributed by atoms with Gasteiger partial charge >= 0.3 is 12.1 Å². The SMILES string of the molecule is CC(C)(C)OC(=O)N[C@@H](Cc1ccccc1)C(=O)N[C@@H](Cc1ccccc1)C(=O)N1CCC[C@@H]1C(=O)OCC1=CC=CCC1. The van der Waals surface area contributed by atoms with Crippen molar-refractivity contribution in [2.45, 2.75) is 83.0 Å². The number of ether oxygens (including phenoxy) is 2. The van der Waals surface area contributed by atoms with Crippen LogP contribution >= 0.6 is 0 Å². The zero-order valence-corrected chi connectivity index (χ0v) is 25.8. The predicted octanol–water partition coefficient (Wildman–Crippen LogP) is 4.66. The summed E-state index contributed by atoms with van der Waals surface area (Å²) in [6, 6.07) is 16.0. The number of carbonyl (C=O) groups is 4. The van der Waals surface area contributed by atoms with Crippen molar-refractivity contribution in [1.82, 2.24) is 15.5 Å². The number of amides is 3. The molecule has 0 unspecified atom stereocenters. The van der Waals surface area contributed by atoms with Gasteiger partial charge in [-0.1, -0.05) is 78.9 Å². The lowest BCUT2D eigenvalue weighted by molar-refractivity contribution is -0.153. The fraction of sp³-hybridized carbons (Fsp3) is 0.429. The Kier molecular flexibility index (Phi) is 11.4. The molecule has 1 aliphatic heterocycles. The standard InChI is InChI=1S/C35H43N3O6/c1-35(2,3)44-34(42)37-28(22-25-14-7-4-8-15-25)31(39)36-29(23-26-16-9-5-10-17-26)32(40)38-21-13-20-30(38)33(41)43-24-27-18-11-6-12-19-27/h4-11,14-18,28-30H,12-13,19-24H2,1-3H3,(H,36,39)(H,37,42)/t28-,29-,30+/m0/s1. The fourth-order valence-corrected chi connectivity index (χ4v) is 5.34. The number of esters is 1. The summed E-state index contributed by atoms with van der Waals surface area (Å²) in [5, 5.41) is 5.60. The van der Waals surface area contributed by atoms with E-state index in [9.17, 15) is 19.2 Å². The molecular formula is C35H43N3O6. The minimum absolute atomic E-state index is 0.196. The largest absolute Gasteiger partial charge is 0.460 e. The molecule has 2 aliphatic rings. The molecule has 3 atom stereocenters. The van der Waals surface area contributed by atoms with Crippen LogP contribution in [0.5, 0.6) is 0 Å². The fourth-order valence-electron chi connectivity index (χ4n) is 5.34. The second-order valence-electron chi connectivity index (χ2n) is 12.2. The monoisotopic (exact) mass is 601 g/mol. The highest BCUT2D eigenvalue weighted by Crippen LogP contribution is 2.22. The van der Waals surface area contributed by atoms with Crippen molar-refractivity contribution in [1.29, 1.82) is 0 Å². The number of hydrogen-bond acceptors (Lipinski definition) is 6. The van der Waals surface area contributed by atoms with E-state index in [1.807, 2.05) is 72.8 Å². The molecule has 9 nitrogen and oxygen atoms in total. The van der Waals surface area contributed by atoms with Gasteiger partial charge in [0, 0.05) is 19.4 Å². The highest BCUT2D eigenvalue weighted by Gasteiger charge is 2.39. The third-order valence-corrected chi connectivity index (χ3v) is 7.50. The quantitative estimate of drug-likeness (QED) is 0.362. The van der Waals surface area contributed by atoms with Crippen LogP contribution in [0.3, 0.4) is 0 Å². The van der Waals surface area contributed by atoms with E-state index in [4.69, 9.17) is 9.47 Å². The number of carbonyl (C=O) groups excluding carboxylic acids is 4. The molecule has 1 heterocycles. The van der Waals surface area contributed by atoms with Gasteiger partial charge in [0.2, 0.25) is 11.8 Å². The van der Waals surface area contributed by atoms with E-state index in [1.165, 1.54) is 4.90 Å². The lowest BCUT2D eigenvalue weighted by atomic mass is 10.0. The molecule has 0 radical (unpaired) electrons. The summed E-state index contributed by atoms with van der Waals surface area (Å²) in [6.45, 7) is 5.81. The smallest absolute Gasteiger partial charge is 0.408 e. The first kappa shape index (κ1) is 32.5. The Morgan fingerprint density at radius 1 is 0.909 bits per heavy atom. The molecule has 9 heteroatoms. The van der Waals surface area contributed by atoms with Crippen LogP contribution in [0, 0.1) is 0 Å². The first-order chi connectivity index (χ1) is 21.1. The molecule has 4 rings (SSSR count). The van der Waals surface area contributed by atoms with Crippen molar-refractivity contribution in [3.8, 4) is 0 Å². The van der Waals surface area contributed by atoms with E-state index < -0.39 is 41.7 Å². The summed E-state index contributed by atoms with van der Waals surface area (Å²) in [6.07, 6.45) is 8.55. The van der Waals surface area contributed by atoms with Crippen molar-refractivity contribution in [2.75, 3.05) is 13.2 Å². The van der Waals surface area contributed by atoms with Crippen LogP contribution in [-0.2, 0) is 36.7 Å². The Morgan fingerprint density at radius 2 is 1.55 bits per heavy atom. The number of likely N-dealkylation sites (tertiary alicyclic amines) is 1. The Bertz CT molecular complexity index is 1350. The van der Waals surface area contributed by atoms with Gasteiger partial charge in [0.05, 0.1) is 0 Å². The third kappa shape index (κ3) is 9.82. The van der Waals surface area contributed by atoms with Crippen LogP contribution in [0.4, 0.5) is 4.79 Å². The van der Waals surface area contributed by atoms with Gasteiger partial charge in [-0.15, -0.1) is 0 Å². The average molecular weight is 602 g/mol. The molecule has 44 heavy (non-hydrogen) atoms. The molecule has 2 N–H and O–H groups in total. The van der Waals surface area contributed by atoms with Crippen LogP contribution in [0.2, 0.25) is 0 Å². The summed E-state index contributed by atoms with van der Waals surface area (Å²) < 4.78 is 11.1. The molecule has 1 fully saturated rings. The lowest BCUT2D eigenvalue weighted by Gasteiger charge is -2.30.